The van der Waals surface area contributed by atoms with Crippen LogP contribution < -0.4 is 31.8 Å². The molecular weight excluding hydrogens is 530 g/mol. The quantitative estimate of drug-likeness (QED) is 0.220. The summed E-state index contributed by atoms with van der Waals surface area (Å²) in [5.41, 5.74) is 8.70. The first-order valence-corrected chi connectivity index (χ1v) is 7.81. The van der Waals surface area contributed by atoms with Crippen LogP contribution in [0.3, 0.4) is 0 Å². The minimum absolute atomic E-state index is 0. The molecule has 0 saturated carbocycles. The molecule has 0 unspecified atom stereocenters. The van der Waals surface area contributed by atoms with Crippen LogP contribution in [0.1, 0.15) is 42.0 Å². The van der Waals surface area contributed by atoms with Gasteiger partial charge in [-0.3, -0.25) is 0 Å². The van der Waals surface area contributed by atoms with Crippen molar-refractivity contribution < 1.29 is 78.1 Å². The number of rotatable bonds is 4. The summed E-state index contributed by atoms with van der Waals surface area (Å²) in [6.07, 6.45) is 0. The van der Waals surface area contributed by atoms with Gasteiger partial charge in [0.05, 0.1) is 35.0 Å². The Labute approximate surface area is 205 Å². The number of anilines is 2. The molecule has 19 heteroatoms. The summed E-state index contributed by atoms with van der Waals surface area (Å²) in [4.78, 5) is 50.0. The van der Waals surface area contributed by atoms with Crippen molar-refractivity contribution in [2.75, 3.05) is 11.5 Å². The molecule has 1 radical (unpaired) electrons. The van der Waals surface area contributed by atoms with Gasteiger partial charge >= 0.3 is 34.9 Å². The zero-order valence-electron chi connectivity index (χ0n) is 17.1. The summed E-state index contributed by atoms with van der Waals surface area (Å²) < 4.78 is 0. The van der Waals surface area contributed by atoms with Gasteiger partial charge in [0, 0.05) is 0 Å². The van der Waals surface area contributed by atoms with Gasteiger partial charge < -0.3 is 62.7 Å². The van der Waals surface area contributed by atoms with Crippen molar-refractivity contribution >= 4 is 35.8 Å². The molecule has 0 bridgehead atoms. The fourth-order valence-electron chi connectivity index (χ4n) is 1.64. The van der Waals surface area contributed by atoms with Gasteiger partial charge in [-0.05, 0) is 29.4 Å². The van der Waals surface area contributed by atoms with Crippen molar-refractivity contribution in [3.05, 3.63) is 59.2 Å². The maximum absolute atomic E-state index is 10.3. The standard InChI is InChI=1S/2C7H5NO4.C2H5N5.Cu.3H2O/c2*9-6(10)4-2-1-3-5(8-4)7(11)12;3-1-5-2(4)7-6-1;;;;/h2*1-3H,(H,9,10)(H,11,12);(H5,3,4,5,6,7);;3*1H2/q;;;+2;;;/p-2. The SMILES string of the molecule is Nc1n[nH]c(N)[nH+]1.O.O.O.O=C([O-])c1cccc(C(=O)O)n1.O=C([O-])c1cccc(C(=O)[O-])n1.[Cu+2]. The summed E-state index contributed by atoms with van der Waals surface area (Å²) in [5, 5.41) is 44.9. The fraction of sp³-hybridized carbons (Fsp3) is 0. The van der Waals surface area contributed by atoms with E-state index in [1.54, 1.807) is 0 Å². The number of carbonyl (C=O) groups excluding carboxylic acids is 3. The normalized spacial score (nSPS) is 8.23. The zero-order chi connectivity index (χ0) is 23.6. The molecule has 0 aromatic carbocycles. The maximum Gasteiger partial charge on any atom is 2.00 e. The average Bonchev–Trinajstić information content (AvgIpc) is 3.11. The fourth-order valence-corrected chi connectivity index (χ4v) is 1.64. The van der Waals surface area contributed by atoms with E-state index in [4.69, 9.17) is 16.6 Å². The number of nitrogen functional groups attached to an aromatic ring is 2. The number of hydrogen-bond donors (Lipinski definition) is 4. The predicted octanol–water partition coefficient (Wildman–Crippen LogP) is -7.14. The van der Waals surface area contributed by atoms with Crippen LogP contribution in [-0.4, -0.2) is 65.6 Å². The van der Waals surface area contributed by atoms with Gasteiger partial charge in [-0.25, -0.2) is 19.7 Å². The van der Waals surface area contributed by atoms with E-state index in [2.05, 4.69) is 25.1 Å². The Morgan fingerprint density at radius 3 is 1.34 bits per heavy atom. The predicted molar refractivity (Wildman–Crippen MR) is 103 cm³/mol. The van der Waals surface area contributed by atoms with Crippen molar-refractivity contribution in [3.63, 3.8) is 0 Å². The summed E-state index contributed by atoms with van der Waals surface area (Å²) in [7, 11) is 0. The summed E-state index contributed by atoms with van der Waals surface area (Å²) in [5.74, 6) is -5.11. The van der Waals surface area contributed by atoms with E-state index >= 15 is 0 Å². The average molecular weight is 549 g/mol. The molecule has 0 fully saturated rings. The van der Waals surface area contributed by atoms with E-state index in [1.807, 2.05) is 0 Å². The molecule has 0 aliphatic rings. The van der Waals surface area contributed by atoms with Crippen molar-refractivity contribution in [2.45, 2.75) is 0 Å². The molecule has 0 aliphatic heterocycles. The molecule has 3 heterocycles. The minimum atomic E-state index is -1.52. The van der Waals surface area contributed by atoms with Gasteiger partial charge in [-0.15, -0.1) is 0 Å². The molecule has 3 aromatic heterocycles. The van der Waals surface area contributed by atoms with Crippen molar-refractivity contribution in [3.8, 4) is 0 Å². The third kappa shape index (κ3) is 13.5. The topological polar surface area (TPSA) is 373 Å². The molecule has 0 atom stereocenters. The number of aromatic amines is 2. The van der Waals surface area contributed by atoms with E-state index in [1.165, 1.54) is 24.3 Å². The van der Waals surface area contributed by atoms with Crippen LogP contribution in [0.5, 0.6) is 0 Å². The molecule has 35 heavy (non-hydrogen) atoms. The largest absolute Gasteiger partial charge is 2.00 e. The van der Waals surface area contributed by atoms with Crippen molar-refractivity contribution in [2.24, 2.45) is 0 Å². The number of nitrogens with two attached hydrogens (primary N) is 2. The van der Waals surface area contributed by atoms with E-state index in [9.17, 15) is 34.5 Å². The smallest absolute Gasteiger partial charge is 0.543 e. The number of carboxylic acids is 4. The number of nitrogens with one attached hydrogen (secondary N) is 2. The first-order valence-electron chi connectivity index (χ1n) is 7.81. The number of pyridine rings is 2. The first-order chi connectivity index (χ1) is 14.5. The number of carbonyl (C=O) groups is 4. The molecule has 0 aliphatic carbocycles. The number of aromatic nitrogens is 5. The van der Waals surface area contributed by atoms with Crippen LogP contribution in [0.25, 0.3) is 0 Å². The minimum Gasteiger partial charge on any atom is -0.543 e. The number of nitrogens with zero attached hydrogens (tertiary/aromatic N) is 3. The number of aromatic carboxylic acids is 4. The van der Waals surface area contributed by atoms with Gasteiger partial charge in [-0.1, -0.05) is 12.1 Å². The second-order valence-electron chi connectivity index (χ2n) is 5.13. The molecule has 13 N–H and O–H groups in total. The molecule has 0 saturated heterocycles. The van der Waals surface area contributed by atoms with Crippen LogP contribution in [0.4, 0.5) is 11.9 Å². The Balaban J connectivity index is -0.000000200. The number of carboxylic acid groups (broad SMARTS) is 4. The molecule has 3 rings (SSSR count). The third-order valence-corrected chi connectivity index (χ3v) is 2.90. The van der Waals surface area contributed by atoms with Crippen LogP contribution in [0.2, 0.25) is 0 Å². The van der Waals surface area contributed by atoms with Gasteiger partial charge in [0.25, 0.3) is 0 Å². The Morgan fingerprint density at radius 1 is 0.771 bits per heavy atom. The first kappa shape index (κ1) is 37.6. The summed E-state index contributed by atoms with van der Waals surface area (Å²) >= 11 is 0. The van der Waals surface area contributed by atoms with Gasteiger partial charge in [0.2, 0.25) is 0 Å². The van der Waals surface area contributed by atoms with Crippen molar-refractivity contribution in [1.29, 1.82) is 0 Å². The van der Waals surface area contributed by atoms with Gasteiger partial charge in [-0.2, -0.15) is 5.10 Å². The van der Waals surface area contributed by atoms with Crippen LogP contribution >= 0.6 is 0 Å². The van der Waals surface area contributed by atoms with E-state index in [0.717, 1.165) is 12.1 Å². The monoisotopic (exact) mass is 548 g/mol. The maximum atomic E-state index is 10.3. The Bertz CT molecular complexity index is 968. The second kappa shape index (κ2) is 17.8. The summed E-state index contributed by atoms with van der Waals surface area (Å²) in [6, 6.07) is 7.20. The molecule has 18 nitrogen and oxygen atoms in total. The molecular formula is C16H19CuN7O11. The number of hydrogen-bond acceptors (Lipinski definition) is 12. The Hall–Kier alpha value is -4.68. The van der Waals surface area contributed by atoms with Crippen LogP contribution in [-0.2, 0) is 17.1 Å². The number of H-pyrrole nitrogens is 2. The Kier molecular flexibility index (Phi) is 19.2. The van der Waals surface area contributed by atoms with Gasteiger partial charge in [0.1, 0.15) is 5.69 Å². The molecule has 195 valence electrons. The van der Waals surface area contributed by atoms with E-state index in [-0.39, 0.29) is 44.9 Å². The zero-order valence-corrected chi connectivity index (χ0v) is 18.0. The Morgan fingerprint density at radius 2 is 1.11 bits per heavy atom. The van der Waals surface area contributed by atoms with E-state index < -0.39 is 35.3 Å². The molecule has 0 amide bonds. The summed E-state index contributed by atoms with van der Waals surface area (Å²) in [6.45, 7) is 0. The van der Waals surface area contributed by atoms with Crippen molar-refractivity contribution in [1.82, 2.24) is 20.2 Å². The van der Waals surface area contributed by atoms with Gasteiger partial charge in [0.15, 0.2) is 0 Å². The molecule has 3 aromatic rings. The van der Waals surface area contributed by atoms with Crippen LogP contribution in [0, 0.1) is 0 Å². The van der Waals surface area contributed by atoms with Crippen LogP contribution in [0.15, 0.2) is 36.4 Å². The molecule has 0 spiro atoms. The van der Waals surface area contributed by atoms with E-state index in [0.29, 0.717) is 11.9 Å². The second-order valence-corrected chi connectivity index (χ2v) is 5.13. The third-order valence-electron chi connectivity index (χ3n) is 2.90.